The number of halogens is 1. The second-order valence-corrected chi connectivity index (χ2v) is 7.17. The molecule has 1 aromatic rings. The minimum absolute atomic E-state index is 0.172. The minimum Gasteiger partial charge on any atom is -0.367 e. The van der Waals surface area contributed by atoms with Gasteiger partial charge in [-0.2, -0.15) is 5.10 Å². The Balaban J connectivity index is 1.90. The zero-order chi connectivity index (χ0) is 14.9. The van der Waals surface area contributed by atoms with Gasteiger partial charge in [0.1, 0.15) is 0 Å². The van der Waals surface area contributed by atoms with Gasteiger partial charge in [0.2, 0.25) is 0 Å². The van der Waals surface area contributed by atoms with Crippen LogP contribution in [0.2, 0.25) is 0 Å². The molecule has 6 heteroatoms. The Bertz CT molecular complexity index is 485. The van der Waals surface area contributed by atoms with E-state index in [9.17, 15) is 4.79 Å². The van der Waals surface area contributed by atoms with Gasteiger partial charge in [0.05, 0.1) is 22.1 Å². The molecule has 0 unspecified atom stereocenters. The number of aromatic nitrogens is 2. The van der Waals surface area contributed by atoms with Crippen molar-refractivity contribution in [3.05, 3.63) is 16.4 Å². The molecule has 1 fully saturated rings. The first kappa shape index (κ1) is 15.5. The fraction of sp³-hybridized carbons (Fsp3) is 0.714. The van der Waals surface area contributed by atoms with Crippen molar-refractivity contribution in [3.8, 4) is 0 Å². The van der Waals surface area contributed by atoms with Crippen LogP contribution in [0.3, 0.4) is 0 Å². The molecule has 2 heterocycles. The smallest absolute Gasteiger partial charge is 0.330 e. The van der Waals surface area contributed by atoms with Crippen molar-refractivity contribution in [2.24, 2.45) is 5.41 Å². The Labute approximate surface area is 128 Å². The number of nitrogens with zero attached hydrogens (tertiary/aromatic N) is 3. The lowest BCUT2D eigenvalue weighted by molar-refractivity contribution is -0.205. The van der Waals surface area contributed by atoms with Crippen LogP contribution in [0.15, 0.2) is 10.7 Å². The van der Waals surface area contributed by atoms with Crippen molar-refractivity contribution in [2.45, 2.75) is 46.6 Å². The van der Waals surface area contributed by atoms with Gasteiger partial charge in [0, 0.05) is 18.8 Å². The lowest BCUT2D eigenvalue weighted by Gasteiger charge is -2.32. The van der Waals surface area contributed by atoms with Gasteiger partial charge in [0.15, 0.2) is 0 Å². The molecule has 1 aliphatic rings. The molecule has 0 N–H and O–H groups in total. The monoisotopic (exact) mass is 343 g/mol. The van der Waals surface area contributed by atoms with Crippen molar-refractivity contribution in [1.29, 1.82) is 0 Å². The molecule has 2 rings (SSSR count). The molecular weight excluding hydrogens is 322 g/mol. The Kier molecular flexibility index (Phi) is 4.54. The summed E-state index contributed by atoms with van der Waals surface area (Å²) in [6, 6.07) is 0.380. The van der Waals surface area contributed by atoms with Crippen molar-refractivity contribution in [2.75, 3.05) is 13.1 Å². The number of hydrogen-bond acceptors (Lipinski definition) is 4. The van der Waals surface area contributed by atoms with Gasteiger partial charge in [0.25, 0.3) is 0 Å². The van der Waals surface area contributed by atoms with E-state index in [-0.39, 0.29) is 5.97 Å². The maximum absolute atomic E-state index is 11.9. The van der Waals surface area contributed by atoms with E-state index in [1.165, 1.54) is 0 Å². The number of rotatable bonds is 2. The third kappa shape index (κ3) is 3.41. The van der Waals surface area contributed by atoms with Crippen molar-refractivity contribution in [1.82, 2.24) is 14.8 Å². The predicted molar refractivity (Wildman–Crippen MR) is 80.1 cm³/mol. The van der Waals surface area contributed by atoms with Crippen LogP contribution in [0.5, 0.6) is 0 Å². The first-order valence-electron chi connectivity index (χ1n) is 6.96. The molecule has 0 radical (unpaired) electrons. The largest absolute Gasteiger partial charge is 0.367 e. The van der Waals surface area contributed by atoms with Crippen LogP contribution in [0, 0.1) is 12.3 Å². The number of hydrogen-bond donors (Lipinski definition) is 0. The fourth-order valence-electron chi connectivity index (χ4n) is 2.20. The molecule has 0 amide bonds. The predicted octanol–water partition coefficient (Wildman–Crippen LogP) is 3.10. The van der Waals surface area contributed by atoms with E-state index in [1.54, 1.807) is 5.06 Å². The summed E-state index contributed by atoms with van der Waals surface area (Å²) in [5.41, 5.74) is 0.690. The third-order valence-electron chi connectivity index (χ3n) is 3.58. The summed E-state index contributed by atoms with van der Waals surface area (Å²) >= 11 is 3.49. The Morgan fingerprint density at radius 2 is 2.00 bits per heavy atom. The Hall–Kier alpha value is -0.880. The first-order valence-corrected chi connectivity index (χ1v) is 7.75. The number of carbonyl (C=O) groups is 1. The highest BCUT2D eigenvalue weighted by molar-refractivity contribution is 9.10. The van der Waals surface area contributed by atoms with Crippen LogP contribution in [-0.2, 0) is 9.63 Å². The number of hydroxylamine groups is 2. The summed E-state index contributed by atoms with van der Waals surface area (Å²) in [7, 11) is 0. The quantitative estimate of drug-likeness (QED) is 0.827. The van der Waals surface area contributed by atoms with Crippen molar-refractivity contribution < 1.29 is 9.63 Å². The standard InChI is InChI=1S/C14H22BrN3O2/c1-10-12(15)9-16-18(10)11-5-7-17(8-6-11)20-13(19)14(2,3)4/h9,11H,5-8H2,1-4H3. The first-order chi connectivity index (χ1) is 9.29. The second kappa shape index (κ2) is 5.85. The molecule has 0 atom stereocenters. The molecule has 0 aromatic carbocycles. The highest BCUT2D eigenvalue weighted by atomic mass is 79.9. The Morgan fingerprint density at radius 1 is 1.40 bits per heavy atom. The average Bonchev–Trinajstić information content (AvgIpc) is 2.70. The third-order valence-corrected chi connectivity index (χ3v) is 4.36. The van der Waals surface area contributed by atoms with Gasteiger partial charge in [-0.1, -0.05) is 0 Å². The summed E-state index contributed by atoms with van der Waals surface area (Å²) in [6.45, 7) is 9.17. The van der Waals surface area contributed by atoms with Gasteiger partial charge in [-0.05, 0) is 56.5 Å². The average molecular weight is 344 g/mol. The normalized spacial score (nSPS) is 18.2. The van der Waals surface area contributed by atoms with Gasteiger partial charge in [-0.3, -0.25) is 4.68 Å². The van der Waals surface area contributed by atoms with Gasteiger partial charge >= 0.3 is 5.97 Å². The van der Waals surface area contributed by atoms with E-state index in [2.05, 4.69) is 32.6 Å². The molecule has 0 bridgehead atoms. The second-order valence-electron chi connectivity index (χ2n) is 6.31. The van der Waals surface area contributed by atoms with Crippen LogP contribution in [0.1, 0.15) is 45.3 Å². The summed E-state index contributed by atoms with van der Waals surface area (Å²) in [5.74, 6) is -0.172. The van der Waals surface area contributed by atoms with Crippen LogP contribution < -0.4 is 0 Å². The zero-order valence-electron chi connectivity index (χ0n) is 12.5. The zero-order valence-corrected chi connectivity index (χ0v) is 14.1. The van der Waals surface area contributed by atoms with Gasteiger partial charge in [-0.15, -0.1) is 5.06 Å². The topological polar surface area (TPSA) is 47.4 Å². The number of piperidine rings is 1. The van der Waals surface area contributed by atoms with Gasteiger partial charge in [-0.25, -0.2) is 4.79 Å². The van der Waals surface area contributed by atoms with E-state index in [0.29, 0.717) is 6.04 Å². The lowest BCUT2D eigenvalue weighted by atomic mass is 9.98. The molecule has 1 aliphatic heterocycles. The molecule has 1 aromatic heterocycles. The van der Waals surface area contributed by atoms with E-state index >= 15 is 0 Å². The molecular formula is C14H22BrN3O2. The molecule has 1 saturated heterocycles. The number of carbonyl (C=O) groups excluding carboxylic acids is 1. The molecule has 20 heavy (non-hydrogen) atoms. The summed E-state index contributed by atoms with van der Waals surface area (Å²) in [6.07, 6.45) is 3.71. The van der Waals surface area contributed by atoms with E-state index in [4.69, 9.17) is 4.84 Å². The molecule has 0 aliphatic carbocycles. The van der Waals surface area contributed by atoms with E-state index < -0.39 is 5.41 Å². The van der Waals surface area contributed by atoms with Crippen LogP contribution in [-0.4, -0.2) is 33.9 Å². The molecule has 0 spiro atoms. The van der Waals surface area contributed by atoms with E-state index in [0.717, 1.165) is 36.1 Å². The molecule has 0 saturated carbocycles. The highest BCUT2D eigenvalue weighted by Crippen LogP contribution is 2.27. The summed E-state index contributed by atoms with van der Waals surface area (Å²) in [4.78, 5) is 17.3. The van der Waals surface area contributed by atoms with Crippen LogP contribution in [0.4, 0.5) is 0 Å². The van der Waals surface area contributed by atoms with Gasteiger partial charge < -0.3 is 4.84 Å². The summed E-state index contributed by atoms with van der Waals surface area (Å²) in [5, 5.41) is 6.18. The van der Waals surface area contributed by atoms with E-state index in [1.807, 2.05) is 27.0 Å². The maximum atomic E-state index is 11.9. The van der Waals surface area contributed by atoms with Crippen LogP contribution >= 0.6 is 15.9 Å². The fourth-order valence-corrected chi connectivity index (χ4v) is 2.48. The van der Waals surface area contributed by atoms with Crippen molar-refractivity contribution >= 4 is 21.9 Å². The maximum Gasteiger partial charge on any atom is 0.330 e. The van der Waals surface area contributed by atoms with Crippen LogP contribution in [0.25, 0.3) is 0 Å². The molecule has 5 nitrogen and oxygen atoms in total. The SMILES string of the molecule is Cc1c(Br)cnn1C1CCN(OC(=O)C(C)(C)C)CC1. The van der Waals surface area contributed by atoms with Crippen molar-refractivity contribution in [3.63, 3.8) is 0 Å². The highest BCUT2D eigenvalue weighted by Gasteiger charge is 2.29. The summed E-state index contributed by atoms with van der Waals surface area (Å²) < 4.78 is 3.10. The Morgan fingerprint density at radius 3 is 2.45 bits per heavy atom. The molecule has 112 valence electrons. The minimum atomic E-state index is -0.458. The lowest BCUT2D eigenvalue weighted by Crippen LogP contribution is -2.39.